The summed E-state index contributed by atoms with van der Waals surface area (Å²) >= 11 is 0. The summed E-state index contributed by atoms with van der Waals surface area (Å²) in [6, 6.07) is -0.275. The van der Waals surface area contributed by atoms with E-state index in [4.69, 9.17) is 5.73 Å². The highest BCUT2D eigenvalue weighted by molar-refractivity contribution is 5.20. The van der Waals surface area contributed by atoms with Gasteiger partial charge < -0.3 is 5.73 Å². The van der Waals surface area contributed by atoms with Gasteiger partial charge in [0.15, 0.2) is 0 Å². The zero-order valence-electron chi connectivity index (χ0n) is 9.11. The third kappa shape index (κ3) is 2.06. The van der Waals surface area contributed by atoms with E-state index in [0.29, 0.717) is 0 Å². The van der Waals surface area contributed by atoms with Crippen LogP contribution in [-0.4, -0.2) is 25.0 Å². The molecule has 0 aliphatic carbocycles. The second kappa shape index (κ2) is 4.80. The first-order chi connectivity index (χ1) is 7.83. The van der Waals surface area contributed by atoms with Gasteiger partial charge in [0.1, 0.15) is 6.33 Å². The Morgan fingerprint density at radius 1 is 1.31 bits per heavy atom. The van der Waals surface area contributed by atoms with Crippen molar-refractivity contribution in [1.82, 2.24) is 25.0 Å². The van der Waals surface area contributed by atoms with Gasteiger partial charge in [-0.15, -0.1) is 5.10 Å². The molecule has 0 saturated heterocycles. The molecule has 0 spiro atoms. The van der Waals surface area contributed by atoms with E-state index in [9.17, 15) is 0 Å². The minimum atomic E-state index is -0.275. The molecule has 1 atom stereocenters. The Morgan fingerprint density at radius 2 is 2.06 bits per heavy atom. The van der Waals surface area contributed by atoms with Crippen molar-refractivity contribution in [2.75, 3.05) is 0 Å². The summed E-state index contributed by atoms with van der Waals surface area (Å²) in [6.07, 6.45) is 7.58. The van der Waals surface area contributed by atoms with Gasteiger partial charge in [0.25, 0.3) is 0 Å². The van der Waals surface area contributed by atoms with Crippen molar-refractivity contribution in [2.45, 2.75) is 25.9 Å². The molecule has 2 N–H and O–H groups in total. The Balaban J connectivity index is 2.27. The molecule has 0 fully saturated rings. The van der Waals surface area contributed by atoms with E-state index < -0.39 is 0 Å². The summed E-state index contributed by atoms with van der Waals surface area (Å²) in [4.78, 5) is 7.90. The van der Waals surface area contributed by atoms with Crippen LogP contribution in [0, 0.1) is 0 Å². The lowest BCUT2D eigenvalue weighted by molar-refractivity contribution is 0.543. The fourth-order valence-electron chi connectivity index (χ4n) is 1.53. The van der Waals surface area contributed by atoms with Crippen molar-refractivity contribution in [3.05, 3.63) is 36.2 Å². The zero-order valence-corrected chi connectivity index (χ0v) is 9.11. The molecule has 0 aliphatic rings. The minimum absolute atomic E-state index is 0.275. The highest BCUT2D eigenvalue weighted by Crippen LogP contribution is 2.16. The molecule has 0 saturated carbocycles. The van der Waals surface area contributed by atoms with E-state index in [0.717, 1.165) is 24.2 Å². The van der Waals surface area contributed by atoms with Gasteiger partial charge >= 0.3 is 0 Å². The highest BCUT2D eigenvalue weighted by Gasteiger charge is 2.14. The van der Waals surface area contributed by atoms with Crippen LogP contribution in [0.25, 0.3) is 0 Å². The van der Waals surface area contributed by atoms with Crippen LogP contribution >= 0.6 is 0 Å². The molecule has 2 heterocycles. The molecule has 0 radical (unpaired) electrons. The predicted molar refractivity (Wildman–Crippen MR) is 58.4 cm³/mol. The molecule has 2 aromatic rings. The van der Waals surface area contributed by atoms with Gasteiger partial charge in [0.2, 0.25) is 0 Å². The number of hydrogen-bond donors (Lipinski definition) is 1. The van der Waals surface area contributed by atoms with Gasteiger partial charge in [-0.1, -0.05) is 12.1 Å². The number of hydrogen-bond acceptors (Lipinski definition) is 5. The second-order valence-electron chi connectivity index (χ2n) is 3.53. The van der Waals surface area contributed by atoms with Crippen molar-refractivity contribution in [2.24, 2.45) is 5.73 Å². The minimum Gasteiger partial charge on any atom is -0.319 e. The number of rotatable bonds is 4. The molecule has 1 unspecified atom stereocenters. The lowest BCUT2D eigenvalue weighted by atomic mass is 10.1. The summed E-state index contributed by atoms with van der Waals surface area (Å²) < 4.78 is 1.82. The first-order valence-corrected chi connectivity index (χ1v) is 5.21. The van der Waals surface area contributed by atoms with Gasteiger partial charge in [0.05, 0.1) is 17.9 Å². The molecule has 6 nitrogen and oxygen atoms in total. The van der Waals surface area contributed by atoms with Crippen molar-refractivity contribution in [3.8, 4) is 0 Å². The van der Waals surface area contributed by atoms with Crippen LogP contribution in [0.2, 0.25) is 0 Å². The Morgan fingerprint density at radius 3 is 2.75 bits per heavy atom. The van der Waals surface area contributed by atoms with Crippen LogP contribution in [-0.2, 0) is 6.54 Å². The van der Waals surface area contributed by atoms with Crippen LogP contribution in [0.4, 0.5) is 0 Å². The van der Waals surface area contributed by atoms with Crippen LogP contribution in [0.15, 0.2) is 24.9 Å². The SMILES string of the molecule is CCCn1nncc1C(N)c1cncnc1. The highest BCUT2D eigenvalue weighted by atomic mass is 15.4. The monoisotopic (exact) mass is 218 g/mol. The lowest BCUT2D eigenvalue weighted by Crippen LogP contribution is -2.18. The summed E-state index contributed by atoms with van der Waals surface area (Å²) in [5.74, 6) is 0. The van der Waals surface area contributed by atoms with E-state index in [-0.39, 0.29) is 6.04 Å². The van der Waals surface area contributed by atoms with Gasteiger partial charge in [-0.2, -0.15) is 0 Å². The quantitative estimate of drug-likeness (QED) is 0.809. The third-order valence-electron chi connectivity index (χ3n) is 2.34. The molecule has 16 heavy (non-hydrogen) atoms. The Hall–Kier alpha value is -1.82. The van der Waals surface area contributed by atoms with Gasteiger partial charge in [-0.3, -0.25) is 0 Å². The molecule has 6 heteroatoms. The Kier molecular flexibility index (Phi) is 3.21. The smallest absolute Gasteiger partial charge is 0.115 e. The van der Waals surface area contributed by atoms with Crippen LogP contribution in [0.1, 0.15) is 30.6 Å². The number of nitrogens with two attached hydrogens (primary N) is 1. The van der Waals surface area contributed by atoms with Crippen LogP contribution in [0.5, 0.6) is 0 Å². The fourth-order valence-corrected chi connectivity index (χ4v) is 1.53. The first-order valence-electron chi connectivity index (χ1n) is 5.21. The molecule has 84 valence electrons. The van der Waals surface area contributed by atoms with Crippen LogP contribution in [0.3, 0.4) is 0 Å². The molecule has 0 amide bonds. The first kappa shape index (κ1) is 10.7. The Labute approximate surface area is 93.5 Å². The maximum Gasteiger partial charge on any atom is 0.115 e. The standard InChI is InChI=1S/C10H14N6/c1-2-3-16-9(6-14-15-16)10(11)8-4-12-7-13-5-8/h4-7,10H,2-3,11H2,1H3. The molecule has 0 aromatic carbocycles. The van der Waals surface area contributed by atoms with Crippen molar-refractivity contribution < 1.29 is 0 Å². The Bertz CT molecular complexity index is 438. The number of nitrogens with zero attached hydrogens (tertiary/aromatic N) is 5. The second-order valence-corrected chi connectivity index (χ2v) is 3.53. The average molecular weight is 218 g/mol. The zero-order chi connectivity index (χ0) is 11.4. The van der Waals surface area contributed by atoms with E-state index in [1.54, 1.807) is 18.6 Å². The van der Waals surface area contributed by atoms with E-state index >= 15 is 0 Å². The van der Waals surface area contributed by atoms with Gasteiger partial charge in [-0.25, -0.2) is 14.6 Å². The summed E-state index contributed by atoms with van der Waals surface area (Å²) in [5, 5.41) is 7.88. The molecule has 2 rings (SSSR count). The maximum atomic E-state index is 6.11. The largest absolute Gasteiger partial charge is 0.319 e. The number of aromatic nitrogens is 5. The molecule has 2 aromatic heterocycles. The van der Waals surface area contributed by atoms with Crippen LogP contribution < -0.4 is 5.73 Å². The average Bonchev–Trinajstić information content (AvgIpc) is 2.78. The molecule has 0 aliphatic heterocycles. The predicted octanol–water partition coefficient (Wildman–Crippen LogP) is 0.526. The van der Waals surface area contributed by atoms with Gasteiger partial charge in [0, 0.05) is 24.5 Å². The summed E-state index contributed by atoms with van der Waals surface area (Å²) in [5.41, 5.74) is 7.86. The van der Waals surface area contributed by atoms with E-state index in [2.05, 4.69) is 27.2 Å². The van der Waals surface area contributed by atoms with Crippen molar-refractivity contribution in [1.29, 1.82) is 0 Å². The molecular weight excluding hydrogens is 204 g/mol. The summed E-state index contributed by atoms with van der Waals surface area (Å²) in [6.45, 7) is 2.90. The maximum absolute atomic E-state index is 6.11. The summed E-state index contributed by atoms with van der Waals surface area (Å²) in [7, 11) is 0. The normalized spacial score (nSPS) is 12.6. The lowest BCUT2D eigenvalue weighted by Gasteiger charge is -2.12. The van der Waals surface area contributed by atoms with E-state index in [1.807, 2.05) is 4.68 Å². The van der Waals surface area contributed by atoms with Crippen molar-refractivity contribution in [3.63, 3.8) is 0 Å². The van der Waals surface area contributed by atoms with E-state index in [1.165, 1.54) is 6.33 Å². The topological polar surface area (TPSA) is 82.5 Å². The van der Waals surface area contributed by atoms with Crippen molar-refractivity contribution >= 4 is 0 Å². The molecule has 0 bridgehead atoms. The number of aryl methyl sites for hydroxylation is 1. The molecular formula is C10H14N6. The third-order valence-corrected chi connectivity index (χ3v) is 2.34. The van der Waals surface area contributed by atoms with Gasteiger partial charge in [-0.05, 0) is 6.42 Å². The fraction of sp³-hybridized carbons (Fsp3) is 0.400.